The predicted octanol–water partition coefficient (Wildman–Crippen LogP) is 1.27. The van der Waals surface area contributed by atoms with E-state index >= 15 is 0 Å². The first-order valence-electron chi connectivity index (χ1n) is 8.45. The second-order valence-electron chi connectivity index (χ2n) is 5.67. The van der Waals surface area contributed by atoms with E-state index in [0.29, 0.717) is 11.3 Å². The number of nitrogens with two attached hydrogens (primary N) is 2. The standard InChI is InChI=1S/C20H20N4O5/c1-2-11-23-17(25)12-28-18(26)13-5-9-16(10-6-13)29-19(27)14-3-7-15(8-4-14)24-20(21)22/h2-10H,1,11-12H2,(H,23,25)(H4,21,22,24). The molecule has 0 aliphatic rings. The van der Waals surface area contributed by atoms with E-state index in [1.807, 2.05) is 0 Å². The van der Waals surface area contributed by atoms with Crippen LogP contribution in [0.2, 0.25) is 0 Å². The van der Waals surface area contributed by atoms with Crippen LogP contribution in [0.3, 0.4) is 0 Å². The Morgan fingerprint density at radius 3 is 2.14 bits per heavy atom. The van der Waals surface area contributed by atoms with Crippen molar-refractivity contribution in [2.75, 3.05) is 13.2 Å². The fourth-order valence-electron chi connectivity index (χ4n) is 2.10. The smallest absolute Gasteiger partial charge is 0.343 e. The first-order chi connectivity index (χ1) is 13.9. The number of hydrogen-bond acceptors (Lipinski definition) is 6. The Bertz CT molecular complexity index is 917. The maximum atomic E-state index is 12.2. The fourth-order valence-corrected chi connectivity index (χ4v) is 2.10. The summed E-state index contributed by atoms with van der Waals surface area (Å²) in [6, 6.07) is 11.9. The number of guanidine groups is 1. The van der Waals surface area contributed by atoms with Gasteiger partial charge in [0.2, 0.25) is 0 Å². The lowest BCUT2D eigenvalue weighted by atomic mass is 10.2. The molecular formula is C20H20N4O5. The van der Waals surface area contributed by atoms with Gasteiger partial charge in [0.1, 0.15) is 5.75 Å². The number of amides is 1. The van der Waals surface area contributed by atoms with Crippen LogP contribution in [0.5, 0.6) is 5.75 Å². The molecule has 1 amide bonds. The quantitative estimate of drug-likeness (QED) is 0.200. The van der Waals surface area contributed by atoms with Crippen molar-refractivity contribution in [1.29, 1.82) is 0 Å². The Morgan fingerprint density at radius 2 is 1.55 bits per heavy atom. The number of carbonyl (C=O) groups excluding carboxylic acids is 3. The summed E-state index contributed by atoms with van der Waals surface area (Å²) >= 11 is 0. The highest BCUT2D eigenvalue weighted by Gasteiger charge is 2.12. The summed E-state index contributed by atoms with van der Waals surface area (Å²) in [5.41, 5.74) is 11.6. The number of hydrogen-bond donors (Lipinski definition) is 3. The second-order valence-corrected chi connectivity index (χ2v) is 5.67. The van der Waals surface area contributed by atoms with Crippen molar-refractivity contribution >= 4 is 29.5 Å². The van der Waals surface area contributed by atoms with Gasteiger partial charge in [0.25, 0.3) is 5.91 Å². The van der Waals surface area contributed by atoms with Crippen molar-refractivity contribution in [3.63, 3.8) is 0 Å². The molecule has 0 spiro atoms. The van der Waals surface area contributed by atoms with Crippen LogP contribution in [-0.4, -0.2) is 37.0 Å². The normalized spacial score (nSPS) is 9.79. The first-order valence-corrected chi connectivity index (χ1v) is 8.45. The third-order valence-corrected chi connectivity index (χ3v) is 3.44. The van der Waals surface area contributed by atoms with Crippen molar-refractivity contribution < 1.29 is 23.9 Å². The molecule has 29 heavy (non-hydrogen) atoms. The minimum atomic E-state index is -0.674. The number of carbonyl (C=O) groups is 3. The largest absolute Gasteiger partial charge is 0.452 e. The molecular weight excluding hydrogens is 376 g/mol. The van der Waals surface area contributed by atoms with Crippen LogP contribution in [0.25, 0.3) is 0 Å². The molecule has 9 heteroatoms. The Labute approximate surface area is 167 Å². The Hall–Kier alpha value is -4.14. The number of aliphatic imine (C=N–C) groups is 1. The first kappa shape index (κ1) is 21.2. The zero-order valence-electron chi connectivity index (χ0n) is 15.5. The zero-order chi connectivity index (χ0) is 21.2. The average molecular weight is 396 g/mol. The number of esters is 2. The molecule has 0 bridgehead atoms. The number of nitrogens with one attached hydrogen (secondary N) is 1. The molecule has 0 radical (unpaired) electrons. The Morgan fingerprint density at radius 1 is 0.966 bits per heavy atom. The van der Waals surface area contributed by atoms with E-state index in [1.165, 1.54) is 42.5 Å². The highest BCUT2D eigenvalue weighted by atomic mass is 16.5. The van der Waals surface area contributed by atoms with Crippen LogP contribution < -0.4 is 21.5 Å². The average Bonchev–Trinajstić information content (AvgIpc) is 2.71. The molecule has 150 valence electrons. The van der Waals surface area contributed by atoms with Crippen LogP contribution in [0.4, 0.5) is 5.69 Å². The van der Waals surface area contributed by atoms with E-state index in [2.05, 4.69) is 16.9 Å². The van der Waals surface area contributed by atoms with E-state index in [4.69, 9.17) is 20.9 Å². The summed E-state index contributed by atoms with van der Waals surface area (Å²) in [7, 11) is 0. The summed E-state index contributed by atoms with van der Waals surface area (Å²) in [5, 5.41) is 2.49. The van der Waals surface area contributed by atoms with E-state index in [-0.39, 0.29) is 23.8 Å². The number of nitrogens with zero attached hydrogens (tertiary/aromatic N) is 1. The van der Waals surface area contributed by atoms with Gasteiger partial charge in [-0.25, -0.2) is 14.6 Å². The predicted molar refractivity (Wildman–Crippen MR) is 107 cm³/mol. The van der Waals surface area contributed by atoms with Gasteiger partial charge in [-0.2, -0.15) is 0 Å². The van der Waals surface area contributed by atoms with Crippen LogP contribution in [0.15, 0.2) is 66.2 Å². The van der Waals surface area contributed by atoms with Gasteiger partial charge in [-0.15, -0.1) is 6.58 Å². The van der Waals surface area contributed by atoms with Gasteiger partial charge in [0.15, 0.2) is 12.6 Å². The molecule has 2 aromatic rings. The molecule has 0 aromatic heterocycles. The minimum absolute atomic E-state index is 0.0867. The van der Waals surface area contributed by atoms with Gasteiger partial charge < -0.3 is 26.3 Å². The van der Waals surface area contributed by atoms with Crippen LogP contribution in [0, 0.1) is 0 Å². The minimum Gasteiger partial charge on any atom is -0.452 e. The van der Waals surface area contributed by atoms with Crippen molar-refractivity contribution in [3.05, 3.63) is 72.3 Å². The topological polar surface area (TPSA) is 146 Å². The molecule has 0 saturated heterocycles. The van der Waals surface area contributed by atoms with Gasteiger partial charge in [-0.1, -0.05) is 6.08 Å². The van der Waals surface area contributed by atoms with E-state index < -0.39 is 24.5 Å². The summed E-state index contributed by atoms with van der Waals surface area (Å²) in [4.78, 5) is 39.4. The molecule has 0 atom stereocenters. The monoisotopic (exact) mass is 396 g/mol. The molecule has 0 saturated carbocycles. The van der Waals surface area contributed by atoms with Gasteiger partial charge in [0.05, 0.1) is 16.8 Å². The molecule has 0 aliphatic carbocycles. The Balaban J connectivity index is 1.91. The van der Waals surface area contributed by atoms with E-state index in [1.54, 1.807) is 12.1 Å². The van der Waals surface area contributed by atoms with E-state index in [0.717, 1.165) is 0 Å². The highest BCUT2D eigenvalue weighted by Crippen LogP contribution is 2.17. The molecule has 0 heterocycles. The third kappa shape index (κ3) is 6.83. The van der Waals surface area contributed by atoms with Crippen molar-refractivity contribution in [2.24, 2.45) is 16.5 Å². The zero-order valence-corrected chi connectivity index (χ0v) is 15.5. The fraction of sp³-hybridized carbons (Fsp3) is 0.100. The number of rotatable bonds is 8. The lowest BCUT2D eigenvalue weighted by molar-refractivity contribution is -0.124. The maximum absolute atomic E-state index is 12.2. The van der Waals surface area contributed by atoms with Gasteiger partial charge >= 0.3 is 11.9 Å². The Kier molecular flexibility index (Phi) is 7.49. The second kappa shape index (κ2) is 10.3. The highest BCUT2D eigenvalue weighted by molar-refractivity contribution is 5.93. The summed E-state index contributed by atoms with van der Waals surface area (Å²) in [6.45, 7) is 3.35. The van der Waals surface area contributed by atoms with Crippen LogP contribution >= 0.6 is 0 Å². The molecule has 0 fully saturated rings. The molecule has 2 rings (SSSR count). The van der Waals surface area contributed by atoms with Gasteiger partial charge in [0, 0.05) is 6.54 Å². The molecule has 9 nitrogen and oxygen atoms in total. The van der Waals surface area contributed by atoms with E-state index in [9.17, 15) is 14.4 Å². The maximum Gasteiger partial charge on any atom is 0.343 e. The van der Waals surface area contributed by atoms with Gasteiger partial charge in [-0.3, -0.25) is 4.79 Å². The third-order valence-electron chi connectivity index (χ3n) is 3.44. The van der Waals surface area contributed by atoms with Crippen molar-refractivity contribution in [2.45, 2.75) is 0 Å². The van der Waals surface area contributed by atoms with Gasteiger partial charge in [-0.05, 0) is 48.5 Å². The number of benzene rings is 2. The number of ether oxygens (including phenoxy) is 2. The van der Waals surface area contributed by atoms with Crippen LogP contribution in [-0.2, 0) is 9.53 Å². The molecule has 0 aliphatic heterocycles. The van der Waals surface area contributed by atoms with Crippen molar-refractivity contribution in [1.82, 2.24) is 5.32 Å². The van der Waals surface area contributed by atoms with Crippen LogP contribution in [0.1, 0.15) is 20.7 Å². The SMILES string of the molecule is C=CCNC(=O)COC(=O)c1ccc(OC(=O)c2ccc(N=C(N)N)cc2)cc1. The summed E-state index contributed by atoms with van der Waals surface area (Å²) < 4.78 is 10.1. The lowest BCUT2D eigenvalue weighted by Gasteiger charge is -2.07. The lowest BCUT2D eigenvalue weighted by Crippen LogP contribution is -2.28. The molecule has 5 N–H and O–H groups in total. The molecule has 0 unspecified atom stereocenters. The molecule has 2 aromatic carbocycles. The summed E-state index contributed by atoms with van der Waals surface area (Å²) in [5.74, 6) is -1.54. The van der Waals surface area contributed by atoms with Crippen molar-refractivity contribution in [3.8, 4) is 5.75 Å². The summed E-state index contributed by atoms with van der Waals surface area (Å²) in [6.07, 6.45) is 1.51.